The number of rotatable bonds is 2. The van der Waals surface area contributed by atoms with E-state index in [4.69, 9.17) is 15.9 Å². The molecule has 1 aromatic rings. The number of nitrogens with zero attached hydrogens (tertiary/aromatic N) is 3. The van der Waals surface area contributed by atoms with Gasteiger partial charge in [0.2, 0.25) is 5.96 Å². The standard InChI is InChI=1S/C12H14F3N5O3/c13-12(14,15)10(21)23-20(11(16)17)9-2-1-8(7-18-9)19-3-5-22-6-4-19/h1-2,7H,3-6H2,(H3,16,17). The molecule has 2 heterocycles. The molecule has 0 radical (unpaired) electrons. The van der Waals surface area contributed by atoms with E-state index in [0.717, 1.165) is 5.69 Å². The van der Waals surface area contributed by atoms with Crippen molar-refractivity contribution in [2.75, 3.05) is 36.3 Å². The third-order valence-corrected chi connectivity index (χ3v) is 2.94. The van der Waals surface area contributed by atoms with Gasteiger partial charge < -0.3 is 20.2 Å². The van der Waals surface area contributed by atoms with Crippen molar-refractivity contribution in [3.05, 3.63) is 18.3 Å². The number of nitrogens with one attached hydrogen (secondary N) is 1. The Balaban J connectivity index is 2.13. The predicted molar refractivity (Wildman–Crippen MR) is 73.8 cm³/mol. The zero-order chi connectivity index (χ0) is 17.0. The van der Waals surface area contributed by atoms with E-state index < -0.39 is 18.1 Å². The van der Waals surface area contributed by atoms with Crippen molar-refractivity contribution in [2.45, 2.75) is 6.18 Å². The Kier molecular flexibility index (Phi) is 4.89. The lowest BCUT2D eigenvalue weighted by molar-refractivity contribution is -0.199. The fraction of sp³-hybridized carbons (Fsp3) is 0.417. The molecular weight excluding hydrogens is 319 g/mol. The van der Waals surface area contributed by atoms with E-state index >= 15 is 0 Å². The number of carbonyl (C=O) groups is 1. The number of ether oxygens (including phenoxy) is 1. The van der Waals surface area contributed by atoms with Crippen LogP contribution in [0.5, 0.6) is 0 Å². The summed E-state index contributed by atoms with van der Waals surface area (Å²) in [6.07, 6.45) is -3.82. The first-order valence-corrected chi connectivity index (χ1v) is 6.51. The second-order valence-electron chi connectivity index (χ2n) is 4.53. The average molecular weight is 333 g/mol. The van der Waals surface area contributed by atoms with Crippen LogP contribution in [-0.2, 0) is 14.4 Å². The molecule has 0 saturated carbocycles. The number of hydrogen-bond donors (Lipinski definition) is 2. The van der Waals surface area contributed by atoms with Gasteiger partial charge in [0.15, 0.2) is 5.82 Å². The Morgan fingerprint density at radius 3 is 2.52 bits per heavy atom. The summed E-state index contributed by atoms with van der Waals surface area (Å²) in [6.45, 7) is 2.43. The molecule has 0 aromatic carbocycles. The summed E-state index contributed by atoms with van der Waals surface area (Å²) in [4.78, 5) is 20.8. The van der Waals surface area contributed by atoms with Crippen molar-refractivity contribution in [1.29, 1.82) is 5.41 Å². The van der Waals surface area contributed by atoms with Crippen molar-refractivity contribution in [3.8, 4) is 0 Å². The van der Waals surface area contributed by atoms with Crippen molar-refractivity contribution >= 4 is 23.4 Å². The van der Waals surface area contributed by atoms with Crippen molar-refractivity contribution in [2.24, 2.45) is 5.73 Å². The topological polar surface area (TPSA) is 105 Å². The van der Waals surface area contributed by atoms with Crippen LogP contribution in [0.25, 0.3) is 0 Å². The Morgan fingerprint density at radius 2 is 2.04 bits per heavy atom. The highest BCUT2D eigenvalue weighted by Gasteiger charge is 2.43. The minimum absolute atomic E-state index is 0.207. The highest BCUT2D eigenvalue weighted by Crippen LogP contribution is 2.22. The molecular formula is C12H14F3N5O3. The Hall–Kier alpha value is -2.56. The molecule has 23 heavy (non-hydrogen) atoms. The number of pyridine rings is 1. The molecule has 2 rings (SSSR count). The van der Waals surface area contributed by atoms with E-state index in [1.165, 1.54) is 12.3 Å². The Bertz CT molecular complexity index is 572. The van der Waals surface area contributed by atoms with E-state index in [1.807, 2.05) is 4.90 Å². The summed E-state index contributed by atoms with van der Waals surface area (Å²) in [6, 6.07) is 2.88. The van der Waals surface area contributed by atoms with Gasteiger partial charge in [0, 0.05) is 13.1 Å². The van der Waals surface area contributed by atoms with E-state index in [2.05, 4.69) is 9.82 Å². The smallest absolute Gasteiger partial charge is 0.378 e. The molecule has 0 unspecified atom stereocenters. The maximum Gasteiger partial charge on any atom is 0.493 e. The van der Waals surface area contributed by atoms with Gasteiger partial charge in [-0.05, 0) is 12.1 Å². The van der Waals surface area contributed by atoms with Gasteiger partial charge >= 0.3 is 12.1 Å². The molecule has 1 aliphatic heterocycles. The molecule has 3 N–H and O–H groups in total. The molecule has 0 aliphatic carbocycles. The van der Waals surface area contributed by atoms with Crippen LogP contribution in [0.15, 0.2) is 18.3 Å². The third-order valence-electron chi connectivity index (χ3n) is 2.94. The molecule has 0 atom stereocenters. The van der Waals surface area contributed by atoms with E-state index in [1.54, 1.807) is 6.07 Å². The molecule has 8 nitrogen and oxygen atoms in total. The number of aromatic nitrogens is 1. The molecule has 0 amide bonds. The minimum Gasteiger partial charge on any atom is -0.378 e. The summed E-state index contributed by atoms with van der Waals surface area (Å²) in [5.74, 6) is -3.62. The van der Waals surface area contributed by atoms with Gasteiger partial charge in [-0.15, -0.1) is 5.06 Å². The molecule has 1 fully saturated rings. The molecule has 11 heteroatoms. The van der Waals surface area contributed by atoms with Gasteiger partial charge in [0.05, 0.1) is 25.1 Å². The maximum atomic E-state index is 12.2. The second kappa shape index (κ2) is 6.69. The summed E-state index contributed by atoms with van der Waals surface area (Å²) >= 11 is 0. The highest BCUT2D eigenvalue weighted by molar-refractivity contribution is 5.92. The molecule has 0 bridgehead atoms. The summed E-state index contributed by atoms with van der Waals surface area (Å²) in [7, 11) is 0. The van der Waals surface area contributed by atoms with Gasteiger partial charge in [-0.25, -0.2) is 9.78 Å². The zero-order valence-electron chi connectivity index (χ0n) is 11.8. The predicted octanol–water partition coefficient (Wildman–Crippen LogP) is 0.639. The number of carbonyl (C=O) groups excluding carboxylic acids is 1. The number of hydroxylamine groups is 1. The molecule has 1 aliphatic rings. The third kappa shape index (κ3) is 4.22. The second-order valence-corrected chi connectivity index (χ2v) is 4.53. The van der Waals surface area contributed by atoms with Crippen LogP contribution < -0.4 is 15.7 Å². The Morgan fingerprint density at radius 1 is 1.39 bits per heavy atom. The van der Waals surface area contributed by atoms with Gasteiger partial charge in [0.25, 0.3) is 0 Å². The quantitative estimate of drug-likeness (QED) is 0.465. The zero-order valence-corrected chi connectivity index (χ0v) is 11.8. The molecule has 126 valence electrons. The number of morpholine rings is 1. The average Bonchev–Trinajstić information content (AvgIpc) is 2.52. The first-order valence-electron chi connectivity index (χ1n) is 6.51. The number of nitrogens with two attached hydrogens (primary N) is 1. The number of guanidine groups is 1. The summed E-state index contributed by atoms with van der Waals surface area (Å²) in [5.41, 5.74) is 5.86. The van der Waals surface area contributed by atoms with Crippen LogP contribution in [0.1, 0.15) is 0 Å². The normalized spacial score (nSPS) is 15.2. The first-order chi connectivity index (χ1) is 10.8. The van der Waals surface area contributed by atoms with E-state index in [-0.39, 0.29) is 10.9 Å². The van der Waals surface area contributed by atoms with Gasteiger partial charge in [0.1, 0.15) is 0 Å². The molecule has 1 saturated heterocycles. The lowest BCUT2D eigenvalue weighted by Gasteiger charge is -2.29. The molecule has 1 aromatic heterocycles. The SMILES string of the molecule is N=C(N)N(OC(=O)C(F)(F)F)c1ccc(N2CCOCC2)cn1. The monoisotopic (exact) mass is 333 g/mol. The van der Waals surface area contributed by atoms with Gasteiger partial charge in [-0.1, -0.05) is 0 Å². The minimum atomic E-state index is -5.21. The number of halogens is 3. The fourth-order valence-corrected chi connectivity index (χ4v) is 1.86. The van der Waals surface area contributed by atoms with Crippen LogP contribution in [0.3, 0.4) is 0 Å². The van der Waals surface area contributed by atoms with Crippen LogP contribution in [-0.4, -0.2) is 49.4 Å². The van der Waals surface area contributed by atoms with Gasteiger partial charge in [-0.3, -0.25) is 5.41 Å². The lowest BCUT2D eigenvalue weighted by Crippen LogP contribution is -2.42. The lowest BCUT2D eigenvalue weighted by atomic mass is 10.3. The highest BCUT2D eigenvalue weighted by atomic mass is 19.4. The van der Waals surface area contributed by atoms with Crippen molar-refractivity contribution < 1.29 is 27.5 Å². The first kappa shape index (κ1) is 16.8. The number of hydrogen-bond acceptors (Lipinski definition) is 6. The van der Waals surface area contributed by atoms with Crippen molar-refractivity contribution in [1.82, 2.24) is 4.98 Å². The van der Waals surface area contributed by atoms with Crippen LogP contribution >= 0.6 is 0 Å². The number of anilines is 2. The van der Waals surface area contributed by atoms with Crippen LogP contribution in [0.2, 0.25) is 0 Å². The number of alkyl halides is 3. The van der Waals surface area contributed by atoms with Gasteiger partial charge in [-0.2, -0.15) is 13.2 Å². The van der Waals surface area contributed by atoms with E-state index in [9.17, 15) is 18.0 Å². The maximum absolute atomic E-state index is 12.2. The van der Waals surface area contributed by atoms with Crippen LogP contribution in [0.4, 0.5) is 24.7 Å². The summed E-state index contributed by atoms with van der Waals surface area (Å²) < 4.78 is 41.9. The fourth-order valence-electron chi connectivity index (χ4n) is 1.86. The largest absolute Gasteiger partial charge is 0.493 e. The summed E-state index contributed by atoms with van der Waals surface area (Å²) in [5, 5.41) is 7.44. The Labute approximate surface area is 129 Å². The molecule has 0 spiro atoms. The van der Waals surface area contributed by atoms with E-state index in [0.29, 0.717) is 26.3 Å². The van der Waals surface area contributed by atoms with Crippen molar-refractivity contribution in [3.63, 3.8) is 0 Å². The van der Waals surface area contributed by atoms with Crippen LogP contribution in [0, 0.1) is 5.41 Å².